The number of hydrogen-bond acceptors (Lipinski definition) is 7. The van der Waals surface area contributed by atoms with Gasteiger partial charge in [-0.25, -0.2) is 12.8 Å². The Kier molecular flexibility index (Phi) is 5.82. The Bertz CT molecular complexity index is 1180. The van der Waals surface area contributed by atoms with Crippen LogP contribution in [-0.4, -0.2) is 49.0 Å². The number of anilines is 1. The standard InChI is InChI=1S/C18H20FN5O3S2/c1-10-11(2)22-23-18-14(10)15(20)16(28-18)17(25)21-8-9-24(3)29(26,27)13-6-4-12(19)5-7-13/h4-7H,8-9,20H2,1-3H3,(H,21,25). The molecule has 1 amide bonds. The van der Waals surface area contributed by atoms with Gasteiger partial charge in [-0.2, -0.15) is 9.40 Å². The van der Waals surface area contributed by atoms with Crippen LogP contribution >= 0.6 is 11.3 Å². The minimum Gasteiger partial charge on any atom is -0.397 e. The Morgan fingerprint density at radius 1 is 1.24 bits per heavy atom. The van der Waals surface area contributed by atoms with E-state index < -0.39 is 21.7 Å². The van der Waals surface area contributed by atoms with Gasteiger partial charge in [-0.3, -0.25) is 4.79 Å². The fourth-order valence-corrected chi connectivity index (χ4v) is 4.91. The zero-order valence-electron chi connectivity index (χ0n) is 16.1. The lowest BCUT2D eigenvalue weighted by Gasteiger charge is -2.17. The minimum atomic E-state index is -3.78. The van der Waals surface area contributed by atoms with Crippen molar-refractivity contribution in [3.05, 3.63) is 46.2 Å². The number of nitrogens with one attached hydrogen (secondary N) is 1. The lowest BCUT2D eigenvalue weighted by atomic mass is 10.1. The fourth-order valence-electron chi connectivity index (χ4n) is 2.72. The second-order valence-electron chi connectivity index (χ2n) is 6.47. The number of thiophene rings is 1. The topological polar surface area (TPSA) is 118 Å². The summed E-state index contributed by atoms with van der Waals surface area (Å²) in [7, 11) is -2.39. The average Bonchev–Trinajstić information content (AvgIpc) is 3.02. The van der Waals surface area contributed by atoms with Crippen LogP contribution in [0.25, 0.3) is 10.2 Å². The number of sulfonamides is 1. The molecule has 8 nitrogen and oxygen atoms in total. The first kappa shape index (κ1) is 21.1. The number of nitrogens with two attached hydrogens (primary N) is 1. The average molecular weight is 438 g/mol. The van der Waals surface area contributed by atoms with E-state index in [1.54, 1.807) is 0 Å². The third-order valence-corrected chi connectivity index (χ3v) is 7.54. The Morgan fingerprint density at radius 2 is 1.90 bits per heavy atom. The van der Waals surface area contributed by atoms with Gasteiger partial charge in [-0.05, 0) is 43.7 Å². The molecule has 3 aromatic rings. The van der Waals surface area contributed by atoms with Crippen molar-refractivity contribution in [2.45, 2.75) is 18.7 Å². The number of fused-ring (bicyclic) bond motifs is 1. The zero-order chi connectivity index (χ0) is 21.3. The molecule has 0 saturated heterocycles. The van der Waals surface area contributed by atoms with Crippen molar-refractivity contribution in [3.63, 3.8) is 0 Å². The lowest BCUT2D eigenvalue weighted by molar-refractivity contribution is 0.0957. The summed E-state index contributed by atoms with van der Waals surface area (Å²) in [4.78, 5) is 13.4. The molecular weight excluding hydrogens is 417 g/mol. The number of likely N-dealkylation sites (N-methyl/N-ethyl adjacent to an activating group) is 1. The highest BCUT2D eigenvalue weighted by atomic mass is 32.2. The zero-order valence-corrected chi connectivity index (χ0v) is 17.7. The Hall–Kier alpha value is -2.63. The van der Waals surface area contributed by atoms with Gasteiger partial charge in [0.2, 0.25) is 10.0 Å². The van der Waals surface area contributed by atoms with Gasteiger partial charge in [0.05, 0.1) is 16.3 Å². The van der Waals surface area contributed by atoms with Gasteiger partial charge in [0.25, 0.3) is 5.91 Å². The summed E-state index contributed by atoms with van der Waals surface area (Å²) >= 11 is 1.14. The molecule has 1 aromatic carbocycles. The van der Waals surface area contributed by atoms with Crippen molar-refractivity contribution in [3.8, 4) is 0 Å². The van der Waals surface area contributed by atoms with Gasteiger partial charge in [-0.1, -0.05) is 0 Å². The van der Waals surface area contributed by atoms with E-state index in [0.717, 1.165) is 39.0 Å². The molecule has 2 aromatic heterocycles. The Balaban J connectivity index is 1.68. The molecule has 0 bridgehead atoms. The molecule has 0 aliphatic carbocycles. The van der Waals surface area contributed by atoms with Crippen molar-refractivity contribution < 1.29 is 17.6 Å². The summed E-state index contributed by atoms with van der Waals surface area (Å²) in [5, 5.41) is 11.5. The maximum absolute atomic E-state index is 13.0. The third kappa shape index (κ3) is 4.07. The van der Waals surface area contributed by atoms with Gasteiger partial charge >= 0.3 is 0 Å². The van der Waals surface area contributed by atoms with Crippen LogP contribution in [0.2, 0.25) is 0 Å². The van der Waals surface area contributed by atoms with Crippen LogP contribution < -0.4 is 11.1 Å². The SMILES string of the molecule is Cc1nnc2sc(C(=O)NCCN(C)S(=O)(=O)c3ccc(F)cc3)c(N)c2c1C. The van der Waals surface area contributed by atoms with E-state index in [-0.39, 0.29) is 18.0 Å². The number of carbonyl (C=O) groups is 1. The highest BCUT2D eigenvalue weighted by molar-refractivity contribution is 7.89. The number of halogens is 1. The van der Waals surface area contributed by atoms with Crippen molar-refractivity contribution in [1.82, 2.24) is 19.8 Å². The quantitative estimate of drug-likeness (QED) is 0.610. The number of hydrogen-bond donors (Lipinski definition) is 2. The Morgan fingerprint density at radius 3 is 2.55 bits per heavy atom. The van der Waals surface area contributed by atoms with Crippen molar-refractivity contribution in [2.75, 3.05) is 25.9 Å². The van der Waals surface area contributed by atoms with Gasteiger partial charge < -0.3 is 11.1 Å². The molecule has 0 atom stereocenters. The summed E-state index contributed by atoms with van der Waals surface area (Å²) in [6, 6.07) is 4.56. The van der Waals surface area contributed by atoms with Gasteiger partial charge in [0, 0.05) is 25.5 Å². The minimum absolute atomic E-state index is 0.0223. The lowest BCUT2D eigenvalue weighted by Crippen LogP contribution is -2.36. The van der Waals surface area contributed by atoms with E-state index in [9.17, 15) is 17.6 Å². The molecule has 0 spiro atoms. The summed E-state index contributed by atoms with van der Waals surface area (Å²) in [6.45, 7) is 3.80. The maximum Gasteiger partial charge on any atom is 0.263 e. The molecule has 3 N–H and O–H groups in total. The maximum atomic E-state index is 13.0. The first-order valence-electron chi connectivity index (χ1n) is 8.65. The normalized spacial score (nSPS) is 11.9. The van der Waals surface area contributed by atoms with Crippen LogP contribution in [0.15, 0.2) is 29.2 Å². The van der Waals surface area contributed by atoms with Gasteiger partial charge in [0.15, 0.2) is 0 Å². The molecule has 0 aliphatic heterocycles. The highest BCUT2D eigenvalue weighted by Gasteiger charge is 2.22. The largest absolute Gasteiger partial charge is 0.397 e. The van der Waals surface area contributed by atoms with Gasteiger partial charge in [-0.15, -0.1) is 16.4 Å². The number of aromatic nitrogens is 2. The van der Waals surface area contributed by atoms with Crippen LogP contribution in [0.5, 0.6) is 0 Å². The molecule has 0 saturated carbocycles. The van der Waals surface area contributed by atoms with Crippen molar-refractivity contribution in [1.29, 1.82) is 0 Å². The van der Waals surface area contributed by atoms with Crippen LogP contribution in [0, 0.1) is 19.7 Å². The number of benzene rings is 1. The predicted octanol–water partition coefficient (Wildman–Crippen LogP) is 2.08. The fraction of sp³-hybridized carbons (Fsp3) is 0.278. The van der Waals surface area contributed by atoms with Crippen molar-refractivity contribution >= 4 is 43.2 Å². The summed E-state index contributed by atoms with van der Waals surface area (Å²) in [6.07, 6.45) is 0. The molecule has 0 aliphatic rings. The van der Waals surface area contributed by atoms with E-state index >= 15 is 0 Å². The third-order valence-electron chi connectivity index (χ3n) is 4.58. The van der Waals surface area contributed by atoms with E-state index in [4.69, 9.17) is 5.73 Å². The van der Waals surface area contributed by atoms with Crippen LogP contribution in [0.4, 0.5) is 10.1 Å². The number of rotatable bonds is 6. The molecule has 0 fully saturated rings. The summed E-state index contributed by atoms with van der Waals surface area (Å²) in [5.74, 6) is -0.926. The van der Waals surface area contributed by atoms with Gasteiger partial charge in [0.1, 0.15) is 15.5 Å². The van der Waals surface area contributed by atoms with E-state index in [1.165, 1.54) is 19.2 Å². The summed E-state index contributed by atoms with van der Waals surface area (Å²) < 4.78 is 39.1. The second kappa shape index (κ2) is 8.01. The number of amides is 1. The highest BCUT2D eigenvalue weighted by Crippen LogP contribution is 2.34. The summed E-state index contributed by atoms with van der Waals surface area (Å²) in [5.41, 5.74) is 8.09. The first-order chi connectivity index (χ1) is 13.6. The molecule has 0 radical (unpaired) electrons. The molecule has 0 unspecified atom stereocenters. The Labute approximate surface area is 171 Å². The molecule has 154 valence electrons. The van der Waals surface area contributed by atoms with E-state index in [2.05, 4.69) is 15.5 Å². The number of carbonyl (C=O) groups excluding carboxylic acids is 1. The number of nitrogens with zero attached hydrogens (tertiary/aromatic N) is 3. The van der Waals surface area contributed by atoms with Crippen LogP contribution in [0.3, 0.4) is 0 Å². The molecule has 2 heterocycles. The second-order valence-corrected chi connectivity index (χ2v) is 9.52. The smallest absolute Gasteiger partial charge is 0.263 e. The monoisotopic (exact) mass is 437 g/mol. The number of nitrogen functional groups attached to an aromatic ring is 1. The molecule has 3 rings (SSSR count). The van der Waals surface area contributed by atoms with E-state index in [1.807, 2.05) is 13.8 Å². The van der Waals surface area contributed by atoms with Crippen molar-refractivity contribution in [2.24, 2.45) is 0 Å². The van der Waals surface area contributed by atoms with Crippen LogP contribution in [0.1, 0.15) is 20.9 Å². The predicted molar refractivity (Wildman–Crippen MR) is 110 cm³/mol. The molecule has 11 heteroatoms. The molecular formula is C18H20FN5O3S2. The van der Waals surface area contributed by atoms with E-state index in [0.29, 0.717) is 20.8 Å². The molecule has 29 heavy (non-hydrogen) atoms. The number of aryl methyl sites for hydroxylation is 2. The first-order valence-corrected chi connectivity index (χ1v) is 10.9. The van der Waals surface area contributed by atoms with Crippen LogP contribution in [-0.2, 0) is 10.0 Å².